The first-order valence-electron chi connectivity index (χ1n) is 10.5. The lowest BCUT2D eigenvalue weighted by atomic mass is 10.0. The molecule has 7 nitrogen and oxygen atoms in total. The second-order valence-electron chi connectivity index (χ2n) is 7.86. The van der Waals surface area contributed by atoms with Crippen molar-refractivity contribution in [1.82, 2.24) is 24.5 Å². The molecule has 1 N–H and O–H groups in total. The summed E-state index contributed by atoms with van der Waals surface area (Å²) in [5.74, 6) is 0.181. The van der Waals surface area contributed by atoms with E-state index in [2.05, 4.69) is 15.5 Å². The monoisotopic (exact) mass is 433 g/mol. The first kappa shape index (κ1) is 21.4. The Kier molecular flexibility index (Phi) is 6.39. The minimum atomic E-state index is -0.424. The third-order valence-electron chi connectivity index (χ3n) is 5.27. The lowest BCUT2D eigenvalue weighted by Crippen LogP contribution is -2.27. The maximum absolute atomic E-state index is 13.5. The van der Waals surface area contributed by atoms with E-state index in [0.29, 0.717) is 30.9 Å². The van der Waals surface area contributed by atoms with Crippen molar-refractivity contribution in [1.29, 1.82) is 0 Å². The van der Waals surface area contributed by atoms with E-state index >= 15 is 0 Å². The van der Waals surface area contributed by atoms with Crippen molar-refractivity contribution in [2.45, 2.75) is 26.2 Å². The summed E-state index contributed by atoms with van der Waals surface area (Å²) < 4.78 is 16.5. The average Bonchev–Trinajstić information content (AvgIpc) is 3.18. The van der Waals surface area contributed by atoms with E-state index in [1.54, 1.807) is 28.9 Å². The second-order valence-corrected chi connectivity index (χ2v) is 7.86. The molecule has 2 aromatic carbocycles. The van der Waals surface area contributed by atoms with E-state index in [1.165, 1.54) is 22.3 Å². The predicted octanol–water partition coefficient (Wildman–Crippen LogP) is 2.95. The highest BCUT2D eigenvalue weighted by Crippen LogP contribution is 2.12. The summed E-state index contributed by atoms with van der Waals surface area (Å²) in [5.41, 5.74) is 1.37. The topological polar surface area (TPSA) is 81.3 Å². The van der Waals surface area contributed by atoms with Crippen LogP contribution in [0.3, 0.4) is 0 Å². The molecular formula is C24H24FN5O2. The Hall–Kier alpha value is -3.81. The molecule has 0 saturated heterocycles. The largest absolute Gasteiger partial charge is 0.356 e. The Morgan fingerprint density at radius 3 is 2.69 bits per heavy atom. The Bertz CT molecular complexity index is 1280. The molecule has 0 fully saturated rings. The summed E-state index contributed by atoms with van der Waals surface area (Å²) >= 11 is 0. The van der Waals surface area contributed by atoms with Crippen LogP contribution in [0.2, 0.25) is 0 Å². The van der Waals surface area contributed by atoms with Crippen LogP contribution in [0.1, 0.15) is 24.7 Å². The van der Waals surface area contributed by atoms with E-state index in [1.807, 2.05) is 37.3 Å². The fourth-order valence-electron chi connectivity index (χ4n) is 3.67. The van der Waals surface area contributed by atoms with Crippen LogP contribution in [-0.4, -0.2) is 31.6 Å². The predicted molar refractivity (Wildman–Crippen MR) is 119 cm³/mol. The third kappa shape index (κ3) is 4.91. The van der Waals surface area contributed by atoms with E-state index in [4.69, 9.17) is 0 Å². The van der Waals surface area contributed by atoms with E-state index in [0.717, 1.165) is 6.42 Å². The number of fused-ring (bicyclic) bond motifs is 1. The van der Waals surface area contributed by atoms with E-state index < -0.39 is 5.82 Å². The molecule has 2 heterocycles. The molecule has 4 rings (SSSR count). The molecule has 0 aliphatic heterocycles. The van der Waals surface area contributed by atoms with Crippen LogP contribution in [0.15, 0.2) is 71.8 Å². The van der Waals surface area contributed by atoms with Gasteiger partial charge in [-0.2, -0.15) is 0 Å². The maximum atomic E-state index is 13.5. The standard InChI is InChI=1S/C24H24FN5O2/c1-17(15-22(31)26-11-10-18-6-3-2-4-7-18)14-21-27-28-23-24(32)29(12-13-30(21)23)20-9-5-8-19(25)16-20/h2-9,12-13,16-17H,10-11,14-15H2,1H3,(H,26,31)/t17-/m1/s1. The van der Waals surface area contributed by atoms with Gasteiger partial charge >= 0.3 is 5.56 Å². The molecule has 164 valence electrons. The number of halogens is 1. The summed E-state index contributed by atoms with van der Waals surface area (Å²) in [7, 11) is 0. The van der Waals surface area contributed by atoms with Gasteiger partial charge in [-0.15, -0.1) is 10.2 Å². The summed E-state index contributed by atoms with van der Waals surface area (Å²) in [5, 5.41) is 11.1. The van der Waals surface area contributed by atoms with Crippen LogP contribution in [0.5, 0.6) is 0 Å². The van der Waals surface area contributed by atoms with Gasteiger partial charge in [0.2, 0.25) is 11.6 Å². The number of carbonyl (C=O) groups is 1. The molecule has 4 aromatic rings. The maximum Gasteiger partial charge on any atom is 0.300 e. The second kappa shape index (κ2) is 9.55. The third-order valence-corrected chi connectivity index (χ3v) is 5.27. The molecule has 1 atom stereocenters. The zero-order valence-electron chi connectivity index (χ0n) is 17.7. The number of hydrogen-bond acceptors (Lipinski definition) is 4. The van der Waals surface area contributed by atoms with Gasteiger partial charge in [0.15, 0.2) is 0 Å². The number of rotatable bonds is 8. The van der Waals surface area contributed by atoms with Crippen molar-refractivity contribution in [2.75, 3.05) is 6.54 Å². The Morgan fingerprint density at radius 2 is 1.91 bits per heavy atom. The summed E-state index contributed by atoms with van der Waals surface area (Å²) in [4.78, 5) is 25.1. The van der Waals surface area contributed by atoms with Crippen LogP contribution in [0.4, 0.5) is 4.39 Å². The number of benzene rings is 2. The molecule has 0 saturated carbocycles. The minimum absolute atomic E-state index is 0.0179. The van der Waals surface area contributed by atoms with Crippen LogP contribution < -0.4 is 10.9 Å². The number of amides is 1. The molecule has 0 aliphatic carbocycles. The highest BCUT2D eigenvalue weighted by Gasteiger charge is 2.16. The van der Waals surface area contributed by atoms with Gasteiger partial charge in [-0.05, 0) is 36.1 Å². The highest BCUT2D eigenvalue weighted by molar-refractivity contribution is 5.76. The molecule has 2 aromatic heterocycles. The summed E-state index contributed by atoms with van der Waals surface area (Å²) in [6, 6.07) is 15.8. The van der Waals surface area contributed by atoms with Gasteiger partial charge in [0.1, 0.15) is 11.6 Å². The van der Waals surface area contributed by atoms with E-state index in [-0.39, 0.29) is 23.0 Å². The first-order valence-corrected chi connectivity index (χ1v) is 10.5. The van der Waals surface area contributed by atoms with Crippen molar-refractivity contribution >= 4 is 11.6 Å². The van der Waals surface area contributed by atoms with Crippen LogP contribution in [0.25, 0.3) is 11.3 Å². The Morgan fingerprint density at radius 1 is 1.09 bits per heavy atom. The van der Waals surface area contributed by atoms with Gasteiger partial charge in [0, 0.05) is 31.8 Å². The summed E-state index contributed by atoms with van der Waals surface area (Å²) in [6.07, 6.45) is 4.88. The van der Waals surface area contributed by atoms with Gasteiger partial charge in [0.25, 0.3) is 0 Å². The molecular weight excluding hydrogens is 409 g/mol. The van der Waals surface area contributed by atoms with Crippen molar-refractivity contribution in [3.63, 3.8) is 0 Å². The zero-order chi connectivity index (χ0) is 22.5. The summed E-state index contributed by atoms with van der Waals surface area (Å²) in [6.45, 7) is 2.55. The smallest absolute Gasteiger partial charge is 0.300 e. The Balaban J connectivity index is 1.39. The normalized spacial score (nSPS) is 12.1. The number of nitrogens with one attached hydrogen (secondary N) is 1. The molecule has 8 heteroatoms. The number of hydrogen-bond donors (Lipinski definition) is 1. The van der Waals surface area contributed by atoms with Crippen LogP contribution in [0, 0.1) is 11.7 Å². The minimum Gasteiger partial charge on any atom is -0.356 e. The first-order chi connectivity index (χ1) is 15.5. The molecule has 32 heavy (non-hydrogen) atoms. The van der Waals surface area contributed by atoms with Gasteiger partial charge in [-0.3, -0.25) is 18.6 Å². The van der Waals surface area contributed by atoms with Crippen LogP contribution in [-0.2, 0) is 17.6 Å². The molecule has 1 amide bonds. The molecule has 0 aliphatic rings. The number of carbonyl (C=O) groups excluding carboxylic acids is 1. The molecule has 0 bridgehead atoms. The molecule has 0 unspecified atom stereocenters. The average molecular weight is 433 g/mol. The van der Waals surface area contributed by atoms with E-state index in [9.17, 15) is 14.0 Å². The van der Waals surface area contributed by atoms with Gasteiger partial charge in [-0.25, -0.2) is 4.39 Å². The number of aromatic nitrogens is 4. The SMILES string of the molecule is C[C@@H](CC(=O)NCCc1ccccc1)Cc1nnc2c(=O)n(-c3cccc(F)c3)ccn12. The zero-order valence-corrected chi connectivity index (χ0v) is 17.7. The fourth-order valence-corrected chi connectivity index (χ4v) is 3.67. The van der Waals surface area contributed by atoms with Crippen LogP contribution >= 0.6 is 0 Å². The molecule has 0 spiro atoms. The number of nitrogens with zero attached hydrogens (tertiary/aromatic N) is 4. The van der Waals surface area contributed by atoms with Gasteiger partial charge in [-0.1, -0.05) is 43.3 Å². The van der Waals surface area contributed by atoms with Crippen molar-refractivity contribution < 1.29 is 9.18 Å². The highest BCUT2D eigenvalue weighted by atomic mass is 19.1. The lowest BCUT2D eigenvalue weighted by molar-refractivity contribution is -0.121. The van der Waals surface area contributed by atoms with Crippen molar-refractivity contribution in [3.05, 3.63) is 94.5 Å². The van der Waals surface area contributed by atoms with Crippen molar-refractivity contribution in [3.8, 4) is 5.69 Å². The van der Waals surface area contributed by atoms with Gasteiger partial charge in [0.05, 0.1) is 5.69 Å². The quantitative estimate of drug-likeness (QED) is 0.463. The fraction of sp³-hybridized carbons (Fsp3) is 0.250. The Labute approximate surface area is 184 Å². The van der Waals surface area contributed by atoms with Crippen molar-refractivity contribution in [2.24, 2.45) is 5.92 Å². The molecule has 0 radical (unpaired) electrons. The van der Waals surface area contributed by atoms with Gasteiger partial charge < -0.3 is 5.32 Å². The lowest BCUT2D eigenvalue weighted by Gasteiger charge is -2.11.